The maximum atomic E-state index is 13.5. The van der Waals surface area contributed by atoms with Crippen LogP contribution in [-0.2, 0) is 11.3 Å². The van der Waals surface area contributed by atoms with E-state index in [1.807, 2.05) is 0 Å². The van der Waals surface area contributed by atoms with Gasteiger partial charge in [-0.15, -0.1) is 0 Å². The number of carbonyl (C=O) groups excluding carboxylic acids is 1. The highest BCUT2D eigenvalue weighted by Crippen LogP contribution is 2.32. The SMILES string of the molecule is Cc1noc([C@H]2CCN(Cc3ccc(F)c(F)c3)C[C@H]2NC(=O)C2CC2)n1. The highest BCUT2D eigenvalue weighted by atomic mass is 19.2. The Labute approximate surface area is 155 Å². The number of hydrogen-bond acceptors (Lipinski definition) is 5. The fourth-order valence-electron chi connectivity index (χ4n) is 3.61. The topological polar surface area (TPSA) is 71.3 Å². The lowest BCUT2D eigenvalue weighted by molar-refractivity contribution is -0.123. The zero-order valence-electron chi connectivity index (χ0n) is 15.1. The Kier molecular flexibility index (Phi) is 4.90. The molecule has 0 spiro atoms. The molecule has 1 saturated carbocycles. The summed E-state index contributed by atoms with van der Waals surface area (Å²) in [5.41, 5.74) is 0.702. The van der Waals surface area contributed by atoms with Crippen molar-refractivity contribution in [2.45, 2.75) is 44.7 Å². The van der Waals surface area contributed by atoms with Crippen molar-refractivity contribution in [2.75, 3.05) is 13.1 Å². The molecule has 1 aromatic heterocycles. The number of hydrogen-bond donors (Lipinski definition) is 1. The first-order valence-electron chi connectivity index (χ1n) is 9.26. The van der Waals surface area contributed by atoms with Crippen LogP contribution in [0.1, 0.15) is 42.5 Å². The largest absolute Gasteiger partial charge is 0.351 e. The first kappa shape index (κ1) is 18.0. The van der Waals surface area contributed by atoms with E-state index in [2.05, 4.69) is 20.4 Å². The number of likely N-dealkylation sites (tertiary alicyclic amines) is 1. The highest BCUT2D eigenvalue weighted by molar-refractivity contribution is 5.81. The zero-order chi connectivity index (χ0) is 19.0. The number of aromatic nitrogens is 2. The van der Waals surface area contributed by atoms with Gasteiger partial charge in [0.15, 0.2) is 17.5 Å². The van der Waals surface area contributed by atoms with E-state index in [1.165, 1.54) is 6.07 Å². The van der Waals surface area contributed by atoms with Crippen LogP contribution in [0.25, 0.3) is 0 Å². The van der Waals surface area contributed by atoms with Gasteiger partial charge in [-0.1, -0.05) is 11.2 Å². The van der Waals surface area contributed by atoms with E-state index in [0.29, 0.717) is 30.4 Å². The first-order chi connectivity index (χ1) is 13.0. The lowest BCUT2D eigenvalue weighted by Crippen LogP contribution is -2.51. The number of carbonyl (C=O) groups is 1. The minimum absolute atomic E-state index is 0.0462. The minimum Gasteiger partial charge on any atom is -0.351 e. The van der Waals surface area contributed by atoms with Crippen LogP contribution in [-0.4, -0.2) is 40.1 Å². The summed E-state index contributed by atoms with van der Waals surface area (Å²) < 4.78 is 32.0. The molecule has 27 heavy (non-hydrogen) atoms. The molecule has 2 atom stereocenters. The second-order valence-electron chi connectivity index (χ2n) is 7.45. The molecule has 144 valence electrons. The van der Waals surface area contributed by atoms with Crippen LogP contribution in [0.4, 0.5) is 8.78 Å². The number of halogens is 2. The van der Waals surface area contributed by atoms with E-state index in [4.69, 9.17) is 4.52 Å². The number of aryl methyl sites for hydroxylation is 1. The van der Waals surface area contributed by atoms with Gasteiger partial charge in [-0.25, -0.2) is 8.78 Å². The van der Waals surface area contributed by atoms with Gasteiger partial charge >= 0.3 is 0 Å². The zero-order valence-corrected chi connectivity index (χ0v) is 15.1. The molecule has 2 aromatic rings. The Hall–Kier alpha value is -2.35. The quantitative estimate of drug-likeness (QED) is 0.868. The third-order valence-electron chi connectivity index (χ3n) is 5.22. The molecule has 6 nitrogen and oxygen atoms in total. The predicted octanol–water partition coefficient (Wildman–Crippen LogP) is 2.54. The molecule has 1 aliphatic carbocycles. The van der Waals surface area contributed by atoms with Crippen molar-refractivity contribution in [1.29, 1.82) is 0 Å². The van der Waals surface area contributed by atoms with E-state index in [-0.39, 0.29) is 23.8 Å². The van der Waals surface area contributed by atoms with E-state index in [0.717, 1.165) is 31.9 Å². The lowest BCUT2D eigenvalue weighted by atomic mass is 9.90. The number of benzene rings is 1. The number of nitrogens with one attached hydrogen (secondary N) is 1. The van der Waals surface area contributed by atoms with Gasteiger partial charge in [0.05, 0.1) is 12.0 Å². The van der Waals surface area contributed by atoms with Crippen LogP contribution in [0.5, 0.6) is 0 Å². The molecule has 2 aliphatic rings. The molecule has 0 bridgehead atoms. The molecule has 2 heterocycles. The molecule has 1 aromatic carbocycles. The minimum atomic E-state index is -0.848. The average molecular weight is 376 g/mol. The van der Waals surface area contributed by atoms with Crippen molar-refractivity contribution in [3.8, 4) is 0 Å². The summed E-state index contributed by atoms with van der Waals surface area (Å²) >= 11 is 0. The summed E-state index contributed by atoms with van der Waals surface area (Å²) in [6, 6.07) is 3.80. The maximum Gasteiger partial charge on any atom is 0.231 e. The van der Waals surface area contributed by atoms with Crippen LogP contribution >= 0.6 is 0 Å². The molecular weight excluding hydrogens is 354 g/mol. The van der Waals surface area contributed by atoms with Crippen LogP contribution in [0, 0.1) is 24.5 Å². The van der Waals surface area contributed by atoms with Gasteiger partial charge in [0.25, 0.3) is 0 Å². The smallest absolute Gasteiger partial charge is 0.231 e. The van der Waals surface area contributed by atoms with Crippen molar-refractivity contribution in [1.82, 2.24) is 20.4 Å². The van der Waals surface area contributed by atoms with E-state index >= 15 is 0 Å². The van der Waals surface area contributed by atoms with Gasteiger partial charge in [-0.05, 0) is 50.4 Å². The summed E-state index contributed by atoms with van der Waals surface area (Å²) in [5, 5.41) is 7.00. The third kappa shape index (κ3) is 4.16. The van der Waals surface area contributed by atoms with Crippen LogP contribution in [0.15, 0.2) is 22.7 Å². The maximum absolute atomic E-state index is 13.5. The molecule has 8 heteroatoms. The van der Waals surface area contributed by atoms with Gasteiger partial charge in [0.2, 0.25) is 11.8 Å². The van der Waals surface area contributed by atoms with Gasteiger partial charge in [-0.3, -0.25) is 9.69 Å². The predicted molar refractivity (Wildman–Crippen MR) is 92.7 cm³/mol. The van der Waals surface area contributed by atoms with Gasteiger partial charge < -0.3 is 9.84 Å². The molecular formula is C19H22F2N4O2. The molecule has 0 unspecified atom stereocenters. The fraction of sp³-hybridized carbons (Fsp3) is 0.526. The Balaban J connectivity index is 1.48. The average Bonchev–Trinajstić information content (AvgIpc) is 3.40. The molecule has 1 N–H and O–H groups in total. The van der Waals surface area contributed by atoms with Gasteiger partial charge in [-0.2, -0.15) is 4.98 Å². The molecule has 0 radical (unpaired) electrons. The van der Waals surface area contributed by atoms with Crippen molar-refractivity contribution >= 4 is 5.91 Å². The Morgan fingerprint density at radius 3 is 2.78 bits per heavy atom. The normalized spacial score (nSPS) is 23.4. The Bertz CT molecular complexity index is 837. The number of piperidine rings is 1. The lowest BCUT2D eigenvalue weighted by Gasteiger charge is -2.37. The molecule has 1 aliphatic heterocycles. The molecule has 2 fully saturated rings. The van der Waals surface area contributed by atoms with Crippen molar-refractivity contribution in [3.63, 3.8) is 0 Å². The van der Waals surface area contributed by atoms with Crippen LogP contribution in [0.2, 0.25) is 0 Å². The first-order valence-corrected chi connectivity index (χ1v) is 9.26. The Morgan fingerprint density at radius 1 is 1.30 bits per heavy atom. The second-order valence-corrected chi connectivity index (χ2v) is 7.45. The van der Waals surface area contributed by atoms with E-state index < -0.39 is 11.6 Å². The van der Waals surface area contributed by atoms with Crippen molar-refractivity contribution in [3.05, 3.63) is 47.1 Å². The number of amides is 1. The molecule has 4 rings (SSSR count). The van der Waals surface area contributed by atoms with Crippen molar-refractivity contribution in [2.24, 2.45) is 5.92 Å². The third-order valence-corrected chi connectivity index (χ3v) is 5.22. The fourth-order valence-corrected chi connectivity index (χ4v) is 3.61. The summed E-state index contributed by atoms with van der Waals surface area (Å²) in [5.74, 6) is -0.452. The summed E-state index contributed by atoms with van der Waals surface area (Å²) in [4.78, 5) is 18.8. The second kappa shape index (κ2) is 7.34. The molecule has 1 saturated heterocycles. The number of nitrogens with zero attached hydrogens (tertiary/aromatic N) is 3. The monoisotopic (exact) mass is 376 g/mol. The van der Waals surface area contributed by atoms with Gasteiger partial charge in [0, 0.05) is 19.0 Å². The Morgan fingerprint density at radius 2 is 2.11 bits per heavy atom. The summed E-state index contributed by atoms with van der Waals surface area (Å²) in [6.07, 6.45) is 2.60. The summed E-state index contributed by atoms with van der Waals surface area (Å²) in [7, 11) is 0. The van der Waals surface area contributed by atoms with E-state index in [9.17, 15) is 13.6 Å². The molecule has 1 amide bonds. The van der Waals surface area contributed by atoms with Crippen LogP contribution < -0.4 is 5.32 Å². The summed E-state index contributed by atoms with van der Waals surface area (Å²) in [6.45, 7) is 3.58. The highest BCUT2D eigenvalue weighted by Gasteiger charge is 2.38. The van der Waals surface area contributed by atoms with Gasteiger partial charge in [0.1, 0.15) is 0 Å². The number of rotatable bonds is 5. The standard InChI is InChI=1S/C19H22F2N4O2/c1-11-22-19(27-24-11)14-6-7-25(9-12-2-5-15(20)16(21)8-12)10-17(14)23-18(26)13-3-4-13/h2,5,8,13-14,17H,3-4,6-7,9-10H2,1H3,(H,23,26)/t14-,17+/m0/s1. The van der Waals surface area contributed by atoms with Crippen molar-refractivity contribution < 1.29 is 18.1 Å². The van der Waals surface area contributed by atoms with E-state index in [1.54, 1.807) is 13.0 Å². The van der Waals surface area contributed by atoms with Crippen LogP contribution in [0.3, 0.4) is 0 Å².